The third kappa shape index (κ3) is 2.57. The Kier molecular flexibility index (Phi) is 3.25. The van der Waals surface area contributed by atoms with E-state index in [1.807, 2.05) is 4.57 Å². The molecule has 0 atom stereocenters. The number of nitrogens with zero attached hydrogens (tertiary/aromatic N) is 3. The number of nitrogens with two attached hydrogens (primary N) is 2. The van der Waals surface area contributed by atoms with Gasteiger partial charge in [-0.05, 0) is 19.9 Å². The number of carbonyl (C=O) groups excluding carboxylic acids is 1. The zero-order chi connectivity index (χ0) is 14.0. The molecule has 0 aromatic carbocycles. The Morgan fingerprint density at radius 1 is 1.37 bits per heavy atom. The Morgan fingerprint density at radius 3 is 2.74 bits per heavy atom. The van der Waals surface area contributed by atoms with E-state index in [0.717, 1.165) is 11.3 Å². The summed E-state index contributed by atoms with van der Waals surface area (Å²) in [7, 11) is 0. The molecular weight excluding hydrogens is 242 g/mol. The van der Waals surface area contributed by atoms with Crippen molar-refractivity contribution in [3.8, 4) is 11.3 Å². The first-order chi connectivity index (χ1) is 8.92. The molecule has 4 N–H and O–H groups in total. The van der Waals surface area contributed by atoms with Crippen molar-refractivity contribution < 1.29 is 4.79 Å². The highest BCUT2D eigenvalue weighted by molar-refractivity contribution is 5.80. The zero-order valence-corrected chi connectivity index (χ0v) is 11.0. The maximum atomic E-state index is 11.4. The van der Waals surface area contributed by atoms with Gasteiger partial charge >= 0.3 is 0 Å². The van der Waals surface area contributed by atoms with Gasteiger partial charge in [-0.1, -0.05) is 0 Å². The van der Waals surface area contributed by atoms with Crippen LogP contribution in [0.3, 0.4) is 0 Å². The van der Waals surface area contributed by atoms with Gasteiger partial charge in [-0.15, -0.1) is 0 Å². The van der Waals surface area contributed by atoms with Crippen LogP contribution in [-0.4, -0.2) is 20.4 Å². The second kappa shape index (κ2) is 4.72. The number of anilines is 1. The molecule has 6 nitrogen and oxygen atoms in total. The SMILES string of the molecule is CC(C)(Cn1cncc1-c1cnccc1N)C(N)=O. The van der Waals surface area contributed by atoms with E-state index in [1.165, 1.54) is 0 Å². The van der Waals surface area contributed by atoms with Gasteiger partial charge in [0.05, 0.1) is 23.6 Å². The van der Waals surface area contributed by atoms with Crippen LogP contribution in [0.25, 0.3) is 11.3 Å². The molecule has 19 heavy (non-hydrogen) atoms. The molecule has 0 spiro atoms. The lowest BCUT2D eigenvalue weighted by atomic mass is 9.92. The van der Waals surface area contributed by atoms with E-state index in [1.54, 1.807) is 44.8 Å². The summed E-state index contributed by atoms with van der Waals surface area (Å²) < 4.78 is 1.86. The third-order valence-corrected chi connectivity index (χ3v) is 3.08. The van der Waals surface area contributed by atoms with Crippen LogP contribution in [0.1, 0.15) is 13.8 Å². The molecule has 1 amide bonds. The molecule has 2 heterocycles. The second-order valence-corrected chi connectivity index (χ2v) is 5.12. The van der Waals surface area contributed by atoms with Gasteiger partial charge in [0.1, 0.15) is 0 Å². The fraction of sp³-hybridized carbons (Fsp3) is 0.308. The summed E-state index contributed by atoms with van der Waals surface area (Å²) >= 11 is 0. The Labute approximate surface area is 111 Å². The molecule has 0 saturated heterocycles. The van der Waals surface area contributed by atoms with Crippen molar-refractivity contribution in [2.45, 2.75) is 20.4 Å². The van der Waals surface area contributed by atoms with Crippen molar-refractivity contribution >= 4 is 11.6 Å². The summed E-state index contributed by atoms with van der Waals surface area (Å²) in [4.78, 5) is 19.6. The number of pyridine rings is 1. The Bertz CT molecular complexity index is 603. The van der Waals surface area contributed by atoms with Gasteiger partial charge in [0.2, 0.25) is 5.91 Å². The van der Waals surface area contributed by atoms with Crippen LogP contribution in [0, 0.1) is 5.41 Å². The minimum Gasteiger partial charge on any atom is -0.398 e. The molecule has 0 aliphatic rings. The van der Waals surface area contributed by atoms with Gasteiger partial charge < -0.3 is 16.0 Å². The largest absolute Gasteiger partial charge is 0.398 e. The van der Waals surface area contributed by atoms with E-state index in [4.69, 9.17) is 11.5 Å². The van der Waals surface area contributed by atoms with E-state index in [0.29, 0.717) is 12.2 Å². The van der Waals surface area contributed by atoms with Gasteiger partial charge in [-0.3, -0.25) is 9.78 Å². The lowest BCUT2D eigenvalue weighted by Gasteiger charge is -2.22. The molecule has 0 bridgehead atoms. The summed E-state index contributed by atoms with van der Waals surface area (Å²) in [6.07, 6.45) is 6.67. The summed E-state index contributed by atoms with van der Waals surface area (Å²) in [5, 5.41) is 0. The van der Waals surface area contributed by atoms with Crippen LogP contribution in [0.5, 0.6) is 0 Å². The minimum atomic E-state index is -0.660. The van der Waals surface area contributed by atoms with E-state index >= 15 is 0 Å². The third-order valence-electron chi connectivity index (χ3n) is 3.08. The molecule has 0 saturated carbocycles. The first-order valence-corrected chi connectivity index (χ1v) is 5.92. The quantitative estimate of drug-likeness (QED) is 0.856. The summed E-state index contributed by atoms with van der Waals surface area (Å²) in [5.41, 5.74) is 12.9. The second-order valence-electron chi connectivity index (χ2n) is 5.12. The number of carbonyl (C=O) groups is 1. The normalized spacial score (nSPS) is 11.5. The van der Waals surface area contributed by atoms with E-state index in [2.05, 4.69) is 9.97 Å². The number of nitrogen functional groups attached to an aromatic ring is 1. The van der Waals surface area contributed by atoms with Crippen LogP contribution in [0.4, 0.5) is 5.69 Å². The molecular formula is C13H17N5O. The average Bonchev–Trinajstić information content (AvgIpc) is 2.77. The smallest absolute Gasteiger partial charge is 0.224 e. The topological polar surface area (TPSA) is 99.8 Å². The van der Waals surface area contributed by atoms with Crippen molar-refractivity contribution in [3.05, 3.63) is 31.0 Å². The van der Waals surface area contributed by atoms with Crippen molar-refractivity contribution in [2.24, 2.45) is 11.1 Å². The zero-order valence-electron chi connectivity index (χ0n) is 11.0. The number of aromatic nitrogens is 3. The van der Waals surface area contributed by atoms with Crippen LogP contribution >= 0.6 is 0 Å². The maximum absolute atomic E-state index is 11.4. The van der Waals surface area contributed by atoms with E-state index in [9.17, 15) is 4.79 Å². The highest BCUT2D eigenvalue weighted by Gasteiger charge is 2.26. The number of hydrogen-bond acceptors (Lipinski definition) is 4. The molecule has 0 radical (unpaired) electrons. The van der Waals surface area contributed by atoms with Crippen molar-refractivity contribution in [1.29, 1.82) is 0 Å². The molecule has 2 rings (SSSR count). The van der Waals surface area contributed by atoms with Crippen molar-refractivity contribution in [3.63, 3.8) is 0 Å². The predicted octanol–water partition coefficient (Wildman–Crippen LogP) is 1.04. The molecule has 6 heteroatoms. The van der Waals surface area contributed by atoms with E-state index in [-0.39, 0.29) is 5.91 Å². The van der Waals surface area contributed by atoms with Crippen molar-refractivity contribution in [2.75, 3.05) is 5.73 Å². The number of hydrogen-bond donors (Lipinski definition) is 2. The Morgan fingerprint density at radius 2 is 2.11 bits per heavy atom. The van der Waals surface area contributed by atoms with Crippen molar-refractivity contribution in [1.82, 2.24) is 14.5 Å². The summed E-state index contributed by atoms with van der Waals surface area (Å²) in [6.45, 7) is 4.03. The lowest BCUT2D eigenvalue weighted by molar-refractivity contribution is -0.126. The number of rotatable bonds is 4. The van der Waals surface area contributed by atoms with Gasteiger partial charge in [-0.25, -0.2) is 4.98 Å². The molecule has 0 aliphatic heterocycles. The highest BCUT2D eigenvalue weighted by atomic mass is 16.1. The van der Waals surface area contributed by atoms with Crippen LogP contribution in [0.2, 0.25) is 0 Å². The average molecular weight is 259 g/mol. The highest BCUT2D eigenvalue weighted by Crippen LogP contribution is 2.27. The molecule has 0 fully saturated rings. The lowest BCUT2D eigenvalue weighted by Crippen LogP contribution is -2.35. The van der Waals surface area contributed by atoms with Gasteiger partial charge in [0.15, 0.2) is 0 Å². The number of imidazole rings is 1. The number of primary amides is 1. The fourth-order valence-electron chi connectivity index (χ4n) is 1.79. The molecule has 2 aromatic rings. The molecule has 2 aromatic heterocycles. The fourth-order valence-corrected chi connectivity index (χ4v) is 1.79. The van der Waals surface area contributed by atoms with Crippen LogP contribution in [-0.2, 0) is 11.3 Å². The van der Waals surface area contributed by atoms with Crippen LogP contribution < -0.4 is 11.5 Å². The Hall–Kier alpha value is -2.37. The van der Waals surface area contributed by atoms with Gasteiger partial charge in [0, 0.05) is 30.2 Å². The predicted molar refractivity (Wildman–Crippen MR) is 72.8 cm³/mol. The van der Waals surface area contributed by atoms with Gasteiger partial charge in [-0.2, -0.15) is 0 Å². The monoisotopic (exact) mass is 259 g/mol. The summed E-state index contributed by atoms with van der Waals surface area (Å²) in [5.74, 6) is -0.355. The first-order valence-electron chi connectivity index (χ1n) is 5.92. The standard InChI is InChI=1S/C13H17N5O/c1-13(2,12(15)19)7-18-8-17-6-11(18)9-5-16-4-3-10(9)14/h3-6,8H,7H2,1-2H3,(H2,14,16)(H2,15,19). The molecule has 0 aliphatic carbocycles. The molecule has 0 unspecified atom stereocenters. The van der Waals surface area contributed by atoms with E-state index < -0.39 is 5.41 Å². The Balaban J connectivity index is 2.39. The van der Waals surface area contributed by atoms with Crippen LogP contribution in [0.15, 0.2) is 31.0 Å². The van der Waals surface area contributed by atoms with Gasteiger partial charge in [0.25, 0.3) is 0 Å². The summed E-state index contributed by atoms with van der Waals surface area (Å²) in [6, 6.07) is 1.73. The molecule has 100 valence electrons. The first kappa shape index (κ1) is 13.1. The maximum Gasteiger partial charge on any atom is 0.224 e. The minimum absolute atomic E-state index is 0.355. The number of amides is 1.